The molecule has 1 heterocycles. The number of aromatic nitrogens is 2. The van der Waals surface area contributed by atoms with E-state index in [1.54, 1.807) is 0 Å². The minimum atomic E-state index is -4.42. The lowest BCUT2D eigenvalue weighted by Gasteiger charge is -2.29. The van der Waals surface area contributed by atoms with Gasteiger partial charge in [-0.2, -0.15) is 13.2 Å². The second-order valence-corrected chi connectivity index (χ2v) is 5.37. The molecule has 0 radical (unpaired) electrons. The van der Waals surface area contributed by atoms with Gasteiger partial charge in [0.1, 0.15) is 0 Å². The van der Waals surface area contributed by atoms with Crippen LogP contribution < -0.4 is 5.32 Å². The normalized spacial score (nSPS) is 17.7. The highest BCUT2D eigenvalue weighted by Gasteiger charge is 2.35. The first-order chi connectivity index (χ1) is 9.04. The summed E-state index contributed by atoms with van der Waals surface area (Å²) in [6.45, 7) is 0.587. The molecule has 1 aromatic heterocycles. The van der Waals surface area contributed by atoms with Crippen LogP contribution in [0.1, 0.15) is 22.1 Å². The van der Waals surface area contributed by atoms with Crippen molar-refractivity contribution in [3.05, 3.63) is 40.4 Å². The Morgan fingerprint density at radius 2 is 2.05 bits per heavy atom. The van der Waals surface area contributed by atoms with Gasteiger partial charge in [0.25, 0.3) is 0 Å². The van der Waals surface area contributed by atoms with Crippen molar-refractivity contribution in [1.29, 1.82) is 0 Å². The molecule has 0 aliphatic heterocycles. The third kappa shape index (κ3) is 2.42. The van der Waals surface area contributed by atoms with Crippen molar-refractivity contribution in [3.8, 4) is 0 Å². The van der Waals surface area contributed by atoms with E-state index in [-0.39, 0.29) is 5.13 Å². The fraction of sp³-hybridized carbons (Fsp3) is 0.333. The number of nitrogens with zero attached hydrogens (tertiary/aromatic N) is 2. The molecule has 1 aromatic carbocycles. The van der Waals surface area contributed by atoms with Crippen molar-refractivity contribution < 1.29 is 13.2 Å². The molecule has 0 fully saturated rings. The second kappa shape index (κ2) is 4.48. The standard InChI is InChI=1S/C12H10F3N3S/c13-12(14,15)10-17-18-11(19-10)16-6-8-5-7-3-1-2-4-9(7)8/h1-4,8H,5-6H2,(H,16,18). The molecule has 0 saturated carbocycles. The predicted molar refractivity (Wildman–Crippen MR) is 66.3 cm³/mol. The van der Waals surface area contributed by atoms with Crippen LogP contribution >= 0.6 is 11.3 Å². The maximum Gasteiger partial charge on any atom is 0.445 e. The molecule has 3 rings (SSSR count). The van der Waals surface area contributed by atoms with Crippen LogP contribution in [0.4, 0.5) is 18.3 Å². The third-order valence-corrected chi connectivity index (χ3v) is 4.05. The van der Waals surface area contributed by atoms with E-state index in [1.807, 2.05) is 18.2 Å². The first-order valence-corrected chi connectivity index (χ1v) is 6.58. The Balaban J connectivity index is 1.61. The molecule has 1 N–H and O–H groups in total. The van der Waals surface area contributed by atoms with Gasteiger partial charge < -0.3 is 5.32 Å². The molecule has 2 aromatic rings. The fourth-order valence-electron chi connectivity index (χ4n) is 2.16. The first-order valence-electron chi connectivity index (χ1n) is 5.76. The molecule has 7 heteroatoms. The zero-order valence-electron chi connectivity index (χ0n) is 9.74. The van der Waals surface area contributed by atoms with Crippen LogP contribution in [0, 0.1) is 0 Å². The van der Waals surface area contributed by atoms with Gasteiger partial charge in [-0.3, -0.25) is 0 Å². The average molecular weight is 285 g/mol. The number of hydrogen-bond acceptors (Lipinski definition) is 4. The van der Waals surface area contributed by atoms with Crippen LogP contribution in [0.2, 0.25) is 0 Å². The number of alkyl halides is 3. The quantitative estimate of drug-likeness (QED) is 0.940. The lowest BCUT2D eigenvalue weighted by molar-refractivity contribution is -0.138. The number of halogens is 3. The van der Waals surface area contributed by atoms with Crippen LogP contribution in [-0.4, -0.2) is 16.7 Å². The van der Waals surface area contributed by atoms with E-state index >= 15 is 0 Å². The Morgan fingerprint density at radius 1 is 1.26 bits per heavy atom. The summed E-state index contributed by atoms with van der Waals surface area (Å²) in [6, 6.07) is 8.07. The van der Waals surface area contributed by atoms with Gasteiger partial charge in [-0.15, -0.1) is 10.2 Å². The van der Waals surface area contributed by atoms with Gasteiger partial charge in [0, 0.05) is 12.5 Å². The summed E-state index contributed by atoms with van der Waals surface area (Å²) in [5.41, 5.74) is 2.57. The smallest absolute Gasteiger partial charge is 0.359 e. The van der Waals surface area contributed by atoms with E-state index in [4.69, 9.17) is 0 Å². The molecule has 0 saturated heterocycles. The minimum absolute atomic E-state index is 0.219. The van der Waals surface area contributed by atoms with Gasteiger partial charge in [-0.1, -0.05) is 35.6 Å². The van der Waals surface area contributed by atoms with E-state index in [9.17, 15) is 13.2 Å². The Bertz CT molecular complexity index is 594. The SMILES string of the molecule is FC(F)(F)c1nnc(NCC2Cc3ccccc32)s1. The van der Waals surface area contributed by atoms with Gasteiger partial charge in [-0.05, 0) is 17.5 Å². The summed E-state index contributed by atoms with van der Waals surface area (Å²) in [5.74, 6) is 0.342. The summed E-state index contributed by atoms with van der Waals surface area (Å²) < 4.78 is 37.1. The molecule has 100 valence electrons. The molecule has 19 heavy (non-hydrogen) atoms. The van der Waals surface area contributed by atoms with Gasteiger partial charge >= 0.3 is 6.18 Å². The van der Waals surface area contributed by atoms with E-state index in [1.165, 1.54) is 11.1 Å². The summed E-state index contributed by atoms with van der Waals surface area (Å²) in [7, 11) is 0. The predicted octanol–water partition coefficient (Wildman–Crippen LogP) is 3.31. The molecule has 3 nitrogen and oxygen atoms in total. The lowest BCUT2D eigenvalue weighted by atomic mass is 9.78. The number of nitrogens with one attached hydrogen (secondary N) is 1. The molecular formula is C12H10F3N3S. The highest BCUT2D eigenvalue weighted by molar-refractivity contribution is 7.15. The fourth-order valence-corrected chi connectivity index (χ4v) is 2.78. The molecule has 0 spiro atoms. The van der Waals surface area contributed by atoms with E-state index < -0.39 is 11.2 Å². The van der Waals surface area contributed by atoms with E-state index in [0.29, 0.717) is 23.8 Å². The largest absolute Gasteiger partial charge is 0.445 e. The molecule has 1 aliphatic rings. The van der Waals surface area contributed by atoms with Crippen molar-refractivity contribution in [3.63, 3.8) is 0 Å². The van der Waals surface area contributed by atoms with Gasteiger partial charge in [0.2, 0.25) is 10.1 Å². The van der Waals surface area contributed by atoms with Gasteiger partial charge in [-0.25, -0.2) is 0 Å². The van der Waals surface area contributed by atoms with Gasteiger partial charge in [0.15, 0.2) is 0 Å². The molecule has 1 aliphatic carbocycles. The Kier molecular flexibility index (Phi) is 2.93. The number of hydrogen-bond donors (Lipinski definition) is 1. The van der Waals surface area contributed by atoms with Crippen molar-refractivity contribution in [2.24, 2.45) is 0 Å². The maximum absolute atomic E-state index is 12.4. The van der Waals surface area contributed by atoms with Crippen LogP contribution in [0.25, 0.3) is 0 Å². The molecule has 1 atom stereocenters. The molecular weight excluding hydrogens is 275 g/mol. The Labute approximate surface area is 111 Å². The summed E-state index contributed by atoms with van der Waals surface area (Å²) >= 11 is 0.539. The molecule has 1 unspecified atom stereocenters. The highest BCUT2D eigenvalue weighted by atomic mass is 32.1. The van der Waals surface area contributed by atoms with Crippen LogP contribution in [-0.2, 0) is 12.6 Å². The summed E-state index contributed by atoms with van der Waals surface area (Å²) in [5, 5.41) is 8.87. The Morgan fingerprint density at radius 3 is 2.74 bits per heavy atom. The number of anilines is 1. The van der Waals surface area contributed by atoms with E-state index in [2.05, 4.69) is 21.6 Å². The molecule has 0 amide bonds. The van der Waals surface area contributed by atoms with Crippen LogP contribution in [0.5, 0.6) is 0 Å². The van der Waals surface area contributed by atoms with Crippen molar-refractivity contribution >= 4 is 16.5 Å². The number of benzene rings is 1. The second-order valence-electron chi connectivity index (χ2n) is 4.39. The minimum Gasteiger partial charge on any atom is -0.359 e. The van der Waals surface area contributed by atoms with Crippen LogP contribution in [0.15, 0.2) is 24.3 Å². The zero-order valence-corrected chi connectivity index (χ0v) is 10.6. The number of rotatable bonds is 3. The highest BCUT2D eigenvalue weighted by Crippen LogP contribution is 2.36. The topological polar surface area (TPSA) is 37.8 Å². The summed E-state index contributed by atoms with van der Waals surface area (Å²) in [4.78, 5) is 0. The van der Waals surface area contributed by atoms with Crippen molar-refractivity contribution in [1.82, 2.24) is 10.2 Å². The first kappa shape index (κ1) is 12.4. The van der Waals surface area contributed by atoms with Crippen molar-refractivity contribution in [2.45, 2.75) is 18.5 Å². The van der Waals surface area contributed by atoms with E-state index in [0.717, 1.165) is 6.42 Å². The zero-order chi connectivity index (χ0) is 13.5. The van der Waals surface area contributed by atoms with Crippen LogP contribution in [0.3, 0.4) is 0 Å². The summed E-state index contributed by atoms with van der Waals surface area (Å²) in [6.07, 6.45) is -3.46. The van der Waals surface area contributed by atoms with Crippen molar-refractivity contribution in [2.75, 3.05) is 11.9 Å². The number of fused-ring (bicyclic) bond motifs is 1. The third-order valence-electron chi connectivity index (χ3n) is 3.13. The lowest BCUT2D eigenvalue weighted by Crippen LogP contribution is -2.24. The maximum atomic E-state index is 12.4. The average Bonchev–Trinajstić information content (AvgIpc) is 2.79. The molecule has 0 bridgehead atoms. The van der Waals surface area contributed by atoms with Gasteiger partial charge in [0.05, 0.1) is 0 Å². The monoisotopic (exact) mass is 285 g/mol. The Hall–Kier alpha value is -1.63.